The Hall–Kier alpha value is -1.94. The SMILES string of the molecule is CC(Nc1ccc(CN(C)C)cc1)c1ccc(F)c(F)c1. The number of halogens is 2. The molecular weight excluding hydrogens is 270 g/mol. The molecule has 0 fully saturated rings. The van der Waals surface area contributed by atoms with E-state index in [2.05, 4.69) is 22.3 Å². The van der Waals surface area contributed by atoms with E-state index in [4.69, 9.17) is 0 Å². The van der Waals surface area contributed by atoms with Gasteiger partial charge in [0.05, 0.1) is 0 Å². The van der Waals surface area contributed by atoms with E-state index in [0.29, 0.717) is 5.56 Å². The summed E-state index contributed by atoms with van der Waals surface area (Å²) >= 11 is 0. The van der Waals surface area contributed by atoms with Crippen molar-refractivity contribution in [3.63, 3.8) is 0 Å². The first-order chi connectivity index (χ1) is 9.95. The third-order valence-electron chi connectivity index (χ3n) is 3.28. The standard InChI is InChI=1S/C17H20F2N2/c1-12(14-6-9-16(18)17(19)10-14)20-15-7-4-13(5-8-15)11-21(2)3/h4-10,12,20H,11H2,1-3H3. The van der Waals surface area contributed by atoms with Gasteiger partial charge in [0, 0.05) is 18.3 Å². The summed E-state index contributed by atoms with van der Waals surface area (Å²) in [5.41, 5.74) is 2.90. The van der Waals surface area contributed by atoms with Crippen LogP contribution in [-0.4, -0.2) is 19.0 Å². The number of anilines is 1. The maximum absolute atomic E-state index is 13.2. The number of hydrogen-bond acceptors (Lipinski definition) is 2. The maximum Gasteiger partial charge on any atom is 0.159 e. The molecule has 112 valence electrons. The summed E-state index contributed by atoms with van der Waals surface area (Å²) in [6.07, 6.45) is 0. The van der Waals surface area contributed by atoms with Crippen LogP contribution in [0.5, 0.6) is 0 Å². The Kier molecular flexibility index (Phi) is 4.91. The molecule has 21 heavy (non-hydrogen) atoms. The molecule has 0 amide bonds. The summed E-state index contributed by atoms with van der Waals surface area (Å²) in [6.45, 7) is 2.80. The largest absolute Gasteiger partial charge is 0.379 e. The number of nitrogens with one attached hydrogen (secondary N) is 1. The smallest absolute Gasteiger partial charge is 0.159 e. The maximum atomic E-state index is 13.2. The summed E-state index contributed by atoms with van der Waals surface area (Å²) in [5.74, 6) is -1.64. The van der Waals surface area contributed by atoms with Gasteiger partial charge in [0.25, 0.3) is 0 Å². The Bertz CT molecular complexity index is 594. The fraction of sp³-hybridized carbons (Fsp3) is 0.294. The summed E-state index contributed by atoms with van der Waals surface area (Å²) in [4.78, 5) is 2.10. The molecule has 2 rings (SSSR count). The van der Waals surface area contributed by atoms with Crippen LogP contribution in [0.15, 0.2) is 42.5 Å². The average molecular weight is 290 g/mol. The molecule has 0 radical (unpaired) electrons. The lowest BCUT2D eigenvalue weighted by Gasteiger charge is -2.17. The zero-order chi connectivity index (χ0) is 15.4. The number of benzene rings is 2. The van der Waals surface area contributed by atoms with Crippen molar-refractivity contribution in [3.05, 3.63) is 65.2 Å². The van der Waals surface area contributed by atoms with E-state index >= 15 is 0 Å². The molecule has 2 nitrogen and oxygen atoms in total. The second-order valence-corrected chi connectivity index (χ2v) is 5.47. The second-order valence-electron chi connectivity index (χ2n) is 5.47. The quantitative estimate of drug-likeness (QED) is 0.888. The first-order valence-corrected chi connectivity index (χ1v) is 6.91. The Morgan fingerprint density at radius 1 is 1.00 bits per heavy atom. The minimum Gasteiger partial charge on any atom is -0.379 e. The molecule has 0 aliphatic carbocycles. The highest BCUT2D eigenvalue weighted by atomic mass is 19.2. The van der Waals surface area contributed by atoms with E-state index in [-0.39, 0.29) is 6.04 Å². The van der Waals surface area contributed by atoms with Crippen molar-refractivity contribution < 1.29 is 8.78 Å². The Morgan fingerprint density at radius 2 is 1.67 bits per heavy atom. The fourth-order valence-corrected chi connectivity index (χ4v) is 2.19. The van der Waals surface area contributed by atoms with Crippen LogP contribution in [0.3, 0.4) is 0 Å². The van der Waals surface area contributed by atoms with Gasteiger partial charge in [-0.25, -0.2) is 8.78 Å². The van der Waals surface area contributed by atoms with Gasteiger partial charge in [-0.15, -0.1) is 0 Å². The molecule has 1 N–H and O–H groups in total. The molecule has 0 bridgehead atoms. The molecule has 0 spiro atoms. The molecule has 0 saturated carbocycles. The van der Waals surface area contributed by atoms with E-state index in [9.17, 15) is 8.78 Å². The minimum atomic E-state index is -0.820. The van der Waals surface area contributed by atoms with Crippen LogP contribution in [-0.2, 0) is 6.54 Å². The monoisotopic (exact) mass is 290 g/mol. The minimum absolute atomic E-state index is 0.0974. The Labute approximate surface area is 124 Å². The van der Waals surface area contributed by atoms with Crippen molar-refractivity contribution in [3.8, 4) is 0 Å². The Balaban J connectivity index is 2.04. The zero-order valence-corrected chi connectivity index (χ0v) is 12.5. The van der Waals surface area contributed by atoms with Crippen LogP contribution in [0.4, 0.5) is 14.5 Å². The molecule has 2 aromatic carbocycles. The third kappa shape index (κ3) is 4.26. The van der Waals surface area contributed by atoms with Crippen LogP contribution >= 0.6 is 0 Å². The first kappa shape index (κ1) is 15.4. The molecular formula is C17H20F2N2. The molecule has 1 unspecified atom stereocenters. The van der Waals surface area contributed by atoms with E-state index in [0.717, 1.165) is 18.3 Å². The van der Waals surface area contributed by atoms with Gasteiger partial charge in [-0.2, -0.15) is 0 Å². The summed E-state index contributed by atoms with van der Waals surface area (Å²) in [7, 11) is 4.05. The van der Waals surface area contributed by atoms with Gasteiger partial charge >= 0.3 is 0 Å². The lowest BCUT2D eigenvalue weighted by molar-refractivity contribution is 0.402. The van der Waals surface area contributed by atoms with Crippen LogP contribution in [0.2, 0.25) is 0 Å². The molecule has 0 aliphatic rings. The lowest BCUT2D eigenvalue weighted by atomic mass is 10.1. The van der Waals surface area contributed by atoms with Crippen molar-refractivity contribution in [1.29, 1.82) is 0 Å². The first-order valence-electron chi connectivity index (χ1n) is 6.91. The van der Waals surface area contributed by atoms with Crippen LogP contribution in [0, 0.1) is 11.6 Å². The van der Waals surface area contributed by atoms with E-state index in [1.165, 1.54) is 11.6 Å². The number of hydrogen-bond donors (Lipinski definition) is 1. The van der Waals surface area contributed by atoms with Gasteiger partial charge in [0.1, 0.15) is 0 Å². The van der Waals surface area contributed by atoms with E-state index in [1.807, 2.05) is 33.2 Å². The molecule has 0 aromatic heterocycles. The number of rotatable bonds is 5. The average Bonchev–Trinajstić information content (AvgIpc) is 2.43. The van der Waals surface area contributed by atoms with Gasteiger partial charge in [0.2, 0.25) is 0 Å². The van der Waals surface area contributed by atoms with E-state index < -0.39 is 11.6 Å². The highest BCUT2D eigenvalue weighted by Gasteiger charge is 2.09. The van der Waals surface area contributed by atoms with Crippen molar-refractivity contribution in [1.82, 2.24) is 4.90 Å². The van der Waals surface area contributed by atoms with Crippen molar-refractivity contribution in [2.24, 2.45) is 0 Å². The predicted molar refractivity (Wildman–Crippen MR) is 82.2 cm³/mol. The Morgan fingerprint density at radius 3 is 2.24 bits per heavy atom. The third-order valence-corrected chi connectivity index (χ3v) is 3.28. The van der Waals surface area contributed by atoms with Gasteiger partial charge in [0.15, 0.2) is 11.6 Å². The van der Waals surface area contributed by atoms with Crippen molar-refractivity contribution >= 4 is 5.69 Å². The second kappa shape index (κ2) is 6.68. The normalized spacial score (nSPS) is 12.5. The highest BCUT2D eigenvalue weighted by molar-refractivity contribution is 5.46. The summed E-state index contributed by atoms with van der Waals surface area (Å²) < 4.78 is 26.2. The van der Waals surface area contributed by atoms with Gasteiger partial charge in [-0.3, -0.25) is 0 Å². The summed E-state index contributed by atoms with van der Waals surface area (Å²) in [5, 5.41) is 3.28. The van der Waals surface area contributed by atoms with Crippen molar-refractivity contribution in [2.45, 2.75) is 19.5 Å². The molecule has 1 atom stereocenters. The van der Waals surface area contributed by atoms with Gasteiger partial charge in [-0.05, 0) is 56.4 Å². The number of nitrogens with zero attached hydrogens (tertiary/aromatic N) is 1. The topological polar surface area (TPSA) is 15.3 Å². The molecule has 0 heterocycles. The van der Waals surface area contributed by atoms with Gasteiger partial charge < -0.3 is 10.2 Å². The highest BCUT2D eigenvalue weighted by Crippen LogP contribution is 2.21. The van der Waals surface area contributed by atoms with Crippen molar-refractivity contribution in [2.75, 3.05) is 19.4 Å². The molecule has 0 saturated heterocycles. The molecule has 2 aromatic rings. The zero-order valence-electron chi connectivity index (χ0n) is 12.5. The van der Waals surface area contributed by atoms with Crippen LogP contribution < -0.4 is 5.32 Å². The summed E-state index contributed by atoms with van der Waals surface area (Å²) in [6, 6.07) is 12.0. The van der Waals surface area contributed by atoms with Gasteiger partial charge in [-0.1, -0.05) is 18.2 Å². The fourth-order valence-electron chi connectivity index (χ4n) is 2.19. The van der Waals surface area contributed by atoms with E-state index in [1.54, 1.807) is 6.07 Å². The molecule has 0 aliphatic heterocycles. The van der Waals surface area contributed by atoms with Crippen LogP contribution in [0.1, 0.15) is 24.1 Å². The molecule has 4 heteroatoms. The lowest BCUT2D eigenvalue weighted by Crippen LogP contribution is -2.11. The predicted octanol–water partition coefficient (Wildman–Crippen LogP) is 4.20. The van der Waals surface area contributed by atoms with Crippen LogP contribution in [0.25, 0.3) is 0 Å².